The first-order valence-corrected chi connectivity index (χ1v) is 4.59. The molecule has 0 saturated heterocycles. The highest BCUT2D eigenvalue weighted by Gasteiger charge is 2.01. The van der Waals surface area contributed by atoms with Crippen LogP contribution in [0.2, 0.25) is 5.02 Å². The summed E-state index contributed by atoms with van der Waals surface area (Å²) in [5, 5.41) is 0.728. The van der Waals surface area contributed by atoms with E-state index in [2.05, 4.69) is 16.4 Å². The van der Waals surface area contributed by atoms with Crippen LogP contribution < -0.4 is 0 Å². The predicted molar refractivity (Wildman–Crippen MR) is 54.8 cm³/mol. The van der Waals surface area contributed by atoms with Crippen molar-refractivity contribution in [3.63, 3.8) is 0 Å². The molecule has 2 aromatic rings. The van der Waals surface area contributed by atoms with Crippen LogP contribution in [0.15, 0.2) is 18.2 Å². The van der Waals surface area contributed by atoms with Crippen LogP contribution in [0, 0.1) is 6.42 Å². The first-order valence-electron chi connectivity index (χ1n) is 4.21. The van der Waals surface area contributed by atoms with Gasteiger partial charge in [-0.05, 0) is 24.6 Å². The van der Waals surface area contributed by atoms with Crippen molar-refractivity contribution in [3.05, 3.63) is 35.5 Å². The Morgan fingerprint density at radius 1 is 1.54 bits per heavy atom. The first kappa shape index (κ1) is 8.57. The van der Waals surface area contributed by atoms with E-state index < -0.39 is 0 Å². The van der Waals surface area contributed by atoms with Gasteiger partial charge in [0.05, 0.1) is 11.0 Å². The molecule has 2 nitrogen and oxygen atoms in total. The summed E-state index contributed by atoms with van der Waals surface area (Å²) in [6.07, 6.45) is 2.94. The zero-order valence-corrected chi connectivity index (χ0v) is 8.10. The van der Waals surface area contributed by atoms with Crippen molar-refractivity contribution >= 4 is 22.6 Å². The molecule has 3 heteroatoms. The average Bonchev–Trinajstić information content (AvgIpc) is 2.46. The van der Waals surface area contributed by atoms with Crippen molar-refractivity contribution in [2.45, 2.75) is 13.3 Å². The zero-order chi connectivity index (χ0) is 9.26. The number of halogens is 1. The van der Waals surface area contributed by atoms with Gasteiger partial charge in [-0.1, -0.05) is 18.5 Å². The second kappa shape index (κ2) is 3.38. The molecular weight excluding hydrogens is 184 g/mol. The van der Waals surface area contributed by atoms with E-state index in [4.69, 9.17) is 11.6 Å². The number of rotatable bonds is 2. The van der Waals surface area contributed by atoms with Gasteiger partial charge in [0.15, 0.2) is 0 Å². The Kier molecular flexibility index (Phi) is 2.23. The summed E-state index contributed by atoms with van der Waals surface area (Å²) >= 11 is 5.84. The molecule has 1 heterocycles. The van der Waals surface area contributed by atoms with Gasteiger partial charge in [-0.15, -0.1) is 0 Å². The Bertz CT molecular complexity index is 420. The third kappa shape index (κ3) is 1.68. The van der Waals surface area contributed by atoms with Gasteiger partial charge >= 0.3 is 0 Å². The lowest BCUT2D eigenvalue weighted by atomic mass is 10.3. The molecule has 0 atom stereocenters. The quantitative estimate of drug-likeness (QED) is 0.781. The Labute approximate surface area is 81.9 Å². The van der Waals surface area contributed by atoms with E-state index in [1.54, 1.807) is 0 Å². The summed E-state index contributed by atoms with van der Waals surface area (Å²) in [6, 6.07) is 5.68. The molecule has 0 aliphatic rings. The summed E-state index contributed by atoms with van der Waals surface area (Å²) in [5.74, 6) is 0.986. The van der Waals surface area contributed by atoms with Crippen LogP contribution >= 0.6 is 11.6 Å². The maximum atomic E-state index is 5.84. The van der Waals surface area contributed by atoms with Crippen molar-refractivity contribution in [3.8, 4) is 0 Å². The van der Waals surface area contributed by atoms with E-state index in [1.165, 1.54) is 0 Å². The van der Waals surface area contributed by atoms with Gasteiger partial charge in [-0.2, -0.15) is 0 Å². The Hall–Kier alpha value is -1.02. The van der Waals surface area contributed by atoms with E-state index in [0.717, 1.165) is 28.3 Å². The maximum absolute atomic E-state index is 5.84. The number of fused-ring (bicyclic) bond motifs is 1. The molecule has 0 saturated carbocycles. The third-order valence-corrected chi connectivity index (χ3v) is 2.13. The molecule has 0 unspecified atom stereocenters. The molecule has 1 N–H and O–H groups in total. The molecule has 0 amide bonds. The number of aromatic nitrogens is 2. The summed E-state index contributed by atoms with van der Waals surface area (Å²) in [5.41, 5.74) is 1.98. The van der Waals surface area contributed by atoms with E-state index in [1.807, 2.05) is 25.1 Å². The van der Waals surface area contributed by atoms with Gasteiger partial charge in [0.2, 0.25) is 0 Å². The molecule has 0 bridgehead atoms. The van der Waals surface area contributed by atoms with Crippen molar-refractivity contribution in [2.75, 3.05) is 0 Å². The number of imidazole rings is 1. The highest BCUT2D eigenvalue weighted by atomic mass is 35.5. The van der Waals surface area contributed by atoms with Crippen LogP contribution in [0.4, 0.5) is 0 Å². The highest BCUT2D eigenvalue weighted by Crippen LogP contribution is 2.17. The van der Waals surface area contributed by atoms with E-state index >= 15 is 0 Å². The van der Waals surface area contributed by atoms with Gasteiger partial charge in [-0.25, -0.2) is 4.98 Å². The monoisotopic (exact) mass is 193 g/mol. The minimum absolute atomic E-state index is 0.728. The second-order valence-electron chi connectivity index (χ2n) is 2.96. The van der Waals surface area contributed by atoms with Crippen LogP contribution in [0.25, 0.3) is 11.0 Å². The van der Waals surface area contributed by atoms with E-state index in [-0.39, 0.29) is 0 Å². The molecule has 13 heavy (non-hydrogen) atoms. The number of H-pyrrole nitrogens is 1. The summed E-state index contributed by atoms with van der Waals surface area (Å²) < 4.78 is 0. The fraction of sp³-hybridized carbons (Fsp3) is 0.200. The van der Waals surface area contributed by atoms with Crippen molar-refractivity contribution in [1.82, 2.24) is 9.97 Å². The molecule has 0 fully saturated rings. The topological polar surface area (TPSA) is 28.7 Å². The van der Waals surface area contributed by atoms with Crippen LogP contribution in [0.3, 0.4) is 0 Å². The molecule has 0 aliphatic carbocycles. The van der Waals surface area contributed by atoms with Gasteiger partial charge in [0, 0.05) is 11.4 Å². The Morgan fingerprint density at radius 2 is 2.38 bits per heavy atom. The molecule has 1 radical (unpaired) electrons. The average molecular weight is 194 g/mol. The molecule has 1 aromatic carbocycles. The van der Waals surface area contributed by atoms with E-state index in [0.29, 0.717) is 0 Å². The lowest BCUT2D eigenvalue weighted by molar-refractivity contribution is 1.01. The van der Waals surface area contributed by atoms with Crippen LogP contribution in [0.1, 0.15) is 12.7 Å². The van der Waals surface area contributed by atoms with Crippen molar-refractivity contribution in [2.24, 2.45) is 0 Å². The largest absolute Gasteiger partial charge is 0.342 e. The number of nitrogens with zero attached hydrogens (tertiary/aromatic N) is 1. The molecule has 67 valence electrons. The number of nitrogens with one attached hydrogen (secondary N) is 1. The normalized spacial score (nSPS) is 10.9. The minimum atomic E-state index is 0.728. The van der Waals surface area contributed by atoms with Crippen molar-refractivity contribution < 1.29 is 0 Å². The van der Waals surface area contributed by atoms with E-state index in [9.17, 15) is 0 Å². The van der Waals surface area contributed by atoms with Gasteiger partial charge in [-0.3, -0.25) is 0 Å². The zero-order valence-electron chi connectivity index (χ0n) is 7.34. The number of aromatic amines is 1. The fourth-order valence-corrected chi connectivity index (χ4v) is 1.49. The molecule has 2 rings (SSSR count). The summed E-state index contributed by atoms with van der Waals surface area (Å²) in [4.78, 5) is 7.61. The van der Waals surface area contributed by atoms with Gasteiger partial charge in [0.25, 0.3) is 0 Å². The Morgan fingerprint density at radius 3 is 3.15 bits per heavy atom. The Balaban J connectivity index is 2.49. The lowest BCUT2D eigenvalue weighted by Crippen LogP contribution is -1.84. The van der Waals surface area contributed by atoms with Crippen LogP contribution in [-0.4, -0.2) is 9.97 Å². The van der Waals surface area contributed by atoms with Crippen LogP contribution in [0.5, 0.6) is 0 Å². The second-order valence-corrected chi connectivity index (χ2v) is 3.39. The smallest absolute Gasteiger partial charge is 0.107 e. The fourth-order valence-electron chi connectivity index (χ4n) is 1.32. The minimum Gasteiger partial charge on any atom is -0.342 e. The van der Waals surface area contributed by atoms with Gasteiger partial charge in [0.1, 0.15) is 5.82 Å². The predicted octanol–water partition coefficient (Wildman–Crippen LogP) is 2.98. The molecule has 1 aromatic heterocycles. The number of benzene rings is 1. The molecule has 0 spiro atoms. The number of hydrogen-bond acceptors (Lipinski definition) is 1. The van der Waals surface area contributed by atoms with Gasteiger partial charge < -0.3 is 4.98 Å². The van der Waals surface area contributed by atoms with Crippen molar-refractivity contribution in [1.29, 1.82) is 0 Å². The summed E-state index contributed by atoms with van der Waals surface area (Å²) in [6.45, 7) is 2.01. The SMILES string of the molecule is C[CH]Cc1nc2cc(Cl)ccc2[nH]1. The first-order chi connectivity index (χ1) is 6.29. The number of hydrogen-bond donors (Lipinski definition) is 1. The highest BCUT2D eigenvalue weighted by molar-refractivity contribution is 6.31. The van der Waals surface area contributed by atoms with Crippen LogP contribution in [-0.2, 0) is 6.42 Å². The lowest BCUT2D eigenvalue weighted by Gasteiger charge is -1.87. The molecular formula is C10H10ClN2. The molecule has 0 aliphatic heterocycles. The standard InChI is InChI=1S/C10H10ClN2/c1-2-3-10-12-8-5-4-7(11)6-9(8)13-10/h2,4-6H,3H2,1H3,(H,12,13). The third-order valence-electron chi connectivity index (χ3n) is 1.89. The maximum Gasteiger partial charge on any atom is 0.107 e. The summed E-state index contributed by atoms with van der Waals surface area (Å²) in [7, 11) is 0.